The lowest BCUT2D eigenvalue weighted by molar-refractivity contribution is -0.159. The van der Waals surface area contributed by atoms with Crippen LogP contribution in [-0.2, 0) is 16.1 Å². The maximum Gasteiger partial charge on any atom is 0.319 e. The summed E-state index contributed by atoms with van der Waals surface area (Å²) in [5, 5.41) is 11.9. The van der Waals surface area contributed by atoms with E-state index >= 15 is 0 Å². The molecule has 0 radical (unpaired) electrons. The zero-order valence-electron chi connectivity index (χ0n) is 10.3. The SMILES string of the molecule is NCc1cc(Br)ccc1NC(=O)C1(C(=O)O)CCC1. The first-order valence-corrected chi connectivity index (χ1v) is 6.82. The van der Waals surface area contributed by atoms with Crippen LogP contribution in [0.2, 0.25) is 0 Å². The largest absolute Gasteiger partial charge is 0.480 e. The molecule has 0 unspecified atom stereocenters. The number of rotatable bonds is 4. The first kappa shape index (κ1) is 14.0. The summed E-state index contributed by atoms with van der Waals surface area (Å²) in [7, 11) is 0. The van der Waals surface area contributed by atoms with E-state index in [1.54, 1.807) is 12.1 Å². The molecule has 1 saturated carbocycles. The number of amides is 1. The average Bonchev–Trinajstić information content (AvgIpc) is 2.29. The van der Waals surface area contributed by atoms with Crippen molar-refractivity contribution in [3.63, 3.8) is 0 Å². The van der Waals surface area contributed by atoms with Crippen LogP contribution in [0.25, 0.3) is 0 Å². The predicted molar refractivity (Wildman–Crippen MR) is 74.6 cm³/mol. The fourth-order valence-electron chi connectivity index (χ4n) is 2.16. The van der Waals surface area contributed by atoms with Crippen LogP contribution in [0.3, 0.4) is 0 Å². The molecule has 102 valence electrons. The van der Waals surface area contributed by atoms with E-state index in [4.69, 9.17) is 5.73 Å². The summed E-state index contributed by atoms with van der Waals surface area (Å²) in [6.07, 6.45) is 1.55. The molecule has 1 aliphatic carbocycles. The first-order chi connectivity index (χ1) is 8.99. The molecule has 0 aliphatic heterocycles. The van der Waals surface area contributed by atoms with Crippen molar-refractivity contribution >= 4 is 33.5 Å². The molecular formula is C13H15BrN2O3. The normalized spacial score (nSPS) is 16.5. The zero-order chi connectivity index (χ0) is 14.0. The van der Waals surface area contributed by atoms with Crippen LogP contribution in [0.1, 0.15) is 24.8 Å². The Morgan fingerprint density at radius 2 is 2.11 bits per heavy atom. The number of aliphatic carboxylic acids is 1. The lowest BCUT2D eigenvalue weighted by atomic mass is 9.68. The van der Waals surface area contributed by atoms with E-state index < -0.39 is 17.3 Å². The molecule has 0 saturated heterocycles. The molecule has 4 N–H and O–H groups in total. The second kappa shape index (κ2) is 5.30. The molecule has 0 atom stereocenters. The maximum absolute atomic E-state index is 12.2. The minimum Gasteiger partial charge on any atom is -0.480 e. The Morgan fingerprint density at radius 1 is 1.42 bits per heavy atom. The van der Waals surface area contributed by atoms with Crippen molar-refractivity contribution in [1.82, 2.24) is 0 Å². The Labute approximate surface area is 119 Å². The van der Waals surface area contributed by atoms with E-state index in [9.17, 15) is 14.7 Å². The van der Waals surface area contributed by atoms with E-state index in [0.717, 1.165) is 16.5 Å². The molecule has 19 heavy (non-hydrogen) atoms. The van der Waals surface area contributed by atoms with Gasteiger partial charge in [0.25, 0.3) is 0 Å². The number of halogens is 1. The summed E-state index contributed by atoms with van der Waals surface area (Å²) >= 11 is 3.33. The number of carbonyl (C=O) groups excluding carboxylic acids is 1. The standard InChI is InChI=1S/C13H15BrN2O3/c14-9-2-3-10(8(6-9)7-15)16-11(17)13(12(18)19)4-1-5-13/h2-3,6H,1,4-5,7,15H2,(H,16,17)(H,18,19). The van der Waals surface area contributed by atoms with Gasteiger partial charge < -0.3 is 16.2 Å². The minimum absolute atomic E-state index is 0.273. The first-order valence-electron chi connectivity index (χ1n) is 6.03. The number of hydrogen-bond donors (Lipinski definition) is 3. The van der Waals surface area contributed by atoms with Gasteiger partial charge in [-0.15, -0.1) is 0 Å². The van der Waals surface area contributed by atoms with Gasteiger partial charge in [0.15, 0.2) is 0 Å². The number of anilines is 1. The second-order valence-corrected chi connectivity index (χ2v) is 5.62. The molecule has 5 nitrogen and oxygen atoms in total. The molecule has 0 bridgehead atoms. The highest BCUT2D eigenvalue weighted by atomic mass is 79.9. The van der Waals surface area contributed by atoms with Gasteiger partial charge in [-0.1, -0.05) is 22.4 Å². The molecule has 0 aromatic heterocycles. The number of hydrogen-bond acceptors (Lipinski definition) is 3. The topological polar surface area (TPSA) is 92.4 Å². The summed E-state index contributed by atoms with van der Waals surface area (Å²) in [5.41, 5.74) is 5.70. The third kappa shape index (κ3) is 2.50. The van der Waals surface area contributed by atoms with E-state index in [1.165, 1.54) is 0 Å². The molecule has 6 heteroatoms. The number of carboxylic acid groups (broad SMARTS) is 1. The van der Waals surface area contributed by atoms with Gasteiger partial charge in [-0.3, -0.25) is 9.59 Å². The average molecular weight is 327 g/mol. The van der Waals surface area contributed by atoms with E-state index in [-0.39, 0.29) is 6.54 Å². The van der Waals surface area contributed by atoms with Crippen molar-refractivity contribution < 1.29 is 14.7 Å². The highest BCUT2D eigenvalue weighted by Crippen LogP contribution is 2.42. The van der Waals surface area contributed by atoms with Crippen LogP contribution < -0.4 is 11.1 Å². The molecule has 0 heterocycles. The smallest absolute Gasteiger partial charge is 0.319 e. The van der Waals surface area contributed by atoms with E-state index in [2.05, 4.69) is 21.2 Å². The molecule has 2 rings (SSSR count). The van der Waals surface area contributed by atoms with Crippen molar-refractivity contribution in [3.05, 3.63) is 28.2 Å². The van der Waals surface area contributed by atoms with Crippen molar-refractivity contribution in [3.8, 4) is 0 Å². The van der Waals surface area contributed by atoms with Crippen molar-refractivity contribution in [2.45, 2.75) is 25.8 Å². The summed E-state index contributed by atoms with van der Waals surface area (Å²) in [6, 6.07) is 5.31. The minimum atomic E-state index is -1.26. The van der Waals surface area contributed by atoms with E-state index in [0.29, 0.717) is 18.5 Å². The summed E-state index contributed by atoms with van der Waals surface area (Å²) in [4.78, 5) is 23.4. The highest BCUT2D eigenvalue weighted by molar-refractivity contribution is 9.10. The molecule has 1 aromatic carbocycles. The number of benzene rings is 1. The third-order valence-electron chi connectivity index (χ3n) is 3.59. The monoisotopic (exact) mass is 326 g/mol. The Bertz CT molecular complexity index is 527. The quantitative estimate of drug-likeness (QED) is 0.739. The van der Waals surface area contributed by atoms with Crippen molar-refractivity contribution in [2.24, 2.45) is 11.1 Å². The van der Waals surface area contributed by atoms with Crippen LogP contribution in [0.15, 0.2) is 22.7 Å². The van der Waals surface area contributed by atoms with Gasteiger partial charge in [0.1, 0.15) is 5.41 Å². The summed E-state index contributed by atoms with van der Waals surface area (Å²) < 4.78 is 0.863. The fraction of sp³-hybridized carbons (Fsp3) is 0.385. The predicted octanol–water partition coefficient (Wildman–Crippen LogP) is 2.10. The number of carbonyl (C=O) groups is 2. The zero-order valence-corrected chi connectivity index (χ0v) is 11.9. The molecule has 1 amide bonds. The van der Waals surface area contributed by atoms with Crippen LogP contribution in [0.4, 0.5) is 5.69 Å². The lowest BCUT2D eigenvalue weighted by Gasteiger charge is -2.35. The second-order valence-electron chi connectivity index (χ2n) is 4.70. The van der Waals surface area contributed by atoms with E-state index in [1.807, 2.05) is 6.07 Å². The van der Waals surface area contributed by atoms with Gasteiger partial charge in [-0.05, 0) is 36.6 Å². The summed E-state index contributed by atoms with van der Waals surface area (Å²) in [6.45, 7) is 0.273. The Balaban J connectivity index is 2.22. The molecule has 1 fully saturated rings. The molecular weight excluding hydrogens is 312 g/mol. The number of nitrogens with one attached hydrogen (secondary N) is 1. The Kier molecular flexibility index (Phi) is 3.91. The molecule has 1 aliphatic rings. The van der Waals surface area contributed by atoms with Crippen LogP contribution in [-0.4, -0.2) is 17.0 Å². The van der Waals surface area contributed by atoms with Crippen LogP contribution in [0, 0.1) is 5.41 Å². The summed E-state index contributed by atoms with van der Waals surface area (Å²) in [5.74, 6) is -1.51. The van der Waals surface area contributed by atoms with Gasteiger partial charge >= 0.3 is 5.97 Å². The highest BCUT2D eigenvalue weighted by Gasteiger charge is 2.51. The fourth-order valence-corrected chi connectivity index (χ4v) is 2.57. The number of nitrogens with two attached hydrogens (primary N) is 1. The van der Waals surface area contributed by atoms with Crippen molar-refractivity contribution in [2.75, 3.05) is 5.32 Å². The third-order valence-corrected chi connectivity index (χ3v) is 4.08. The Hall–Kier alpha value is -1.40. The van der Waals surface area contributed by atoms with Crippen LogP contribution >= 0.6 is 15.9 Å². The van der Waals surface area contributed by atoms with Gasteiger partial charge in [-0.25, -0.2) is 0 Å². The lowest BCUT2D eigenvalue weighted by Crippen LogP contribution is -2.48. The van der Waals surface area contributed by atoms with Gasteiger partial charge in [0.2, 0.25) is 5.91 Å². The molecule has 0 spiro atoms. The maximum atomic E-state index is 12.2. The van der Waals surface area contributed by atoms with Gasteiger partial charge in [-0.2, -0.15) is 0 Å². The molecule has 1 aromatic rings. The van der Waals surface area contributed by atoms with Crippen LogP contribution in [0.5, 0.6) is 0 Å². The number of carboxylic acids is 1. The Morgan fingerprint density at radius 3 is 2.58 bits per heavy atom. The van der Waals surface area contributed by atoms with Gasteiger partial charge in [0.05, 0.1) is 0 Å². The van der Waals surface area contributed by atoms with Crippen molar-refractivity contribution in [1.29, 1.82) is 0 Å². The van der Waals surface area contributed by atoms with Gasteiger partial charge in [0, 0.05) is 16.7 Å².